The van der Waals surface area contributed by atoms with Gasteiger partial charge < -0.3 is 16.0 Å². The number of benzene rings is 1. The second-order valence-electron chi connectivity index (χ2n) is 6.62. The molecule has 25 heavy (non-hydrogen) atoms. The molecule has 0 spiro atoms. The fourth-order valence-electron chi connectivity index (χ4n) is 2.70. The molecule has 0 aliphatic heterocycles. The van der Waals surface area contributed by atoms with E-state index in [2.05, 4.69) is 20.9 Å². The summed E-state index contributed by atoms with van der Waals surface area (Å²) in [6.07, 6.45) is 2.47. The van der Waals surface area contributed by atoms with E-state index >= 15 is 0 Å². The zero-order chi connectivity index (χ0) is 17.6. The molecule has 0 unspecified atom stereocenters. The monoisotopic (exact) mass is 462 g/mol. The Morgan fingerprint density at radius 1 is 1.32 bits per heavy atom. The Morgan fingerprint density at radius 3 is 2.60 bits per heavy atom. The van der Waals surface area contributed by atoms with E-state index in [-0.39, 0.29) is 47.2 Å². The normalized spacial score (nSPS) is 15.3. The molecule has 1 aromatic rings. The molecular formula is C18H28FIN4O. The van der Waals surface area contributed by atoms with Crippen LogP contribution in [0.3, 0.4) is 0 Å². The van der Waals surface area contributed by atoms with Crippen molar-refractivity contribution in [2.24, 2.45) is 4.99 Å². The number of amides is 1. The molecule has 0 saturated heterocycles. The lowest BCUT2D eigenvalue weighted by Gasteiger charge is -2.19. The number of aliphatic imine (C=N–C) groups is 1. The molecule has 0 atom stereocenters. The molecular weight excluding hydrogens is 434 g/mol. The van der Waals surface area contributed by atoms with Gasteiger partial charge in [0.25, 0.3) is 0 Å². The van der Waals surface area contributed by atoms with Crippen LogP contribution in [0, 0.1) is 5.82 Å². The summed E-state index contributed by atoms with van der Waals surface area (Å²) < 4.78 is 13.4. The van der Waals surface area contributed by atoms with Crippen molar-refractivity contribution < 1.29 is 9.18 Å². The minimum Gasteiger partial charge on any atom is -0.356 e. The lowest BCUT2D eigenvalue weighted by atomic mass is 9.96. The summed E-state index contributed by atoms with van der Waals surface area (Å²) in [6, 6.07) is 6.96. The molecule has 1 aliphatic rings. The standard InChI is InChI=1S/C18H27FN4O.HI/c1-13(2)23-16(24)7-10-21-17(20-3)22-12-18(8-9-18)14-5-4-6-15(19)11-14;/h4-6,11,13H,7-10,12H2,1-3H3,(H,23,24)(H2,20,21,22);1H. The molecule has 3 N–H and O–H groups in total. The van der Waals surface area contributed by atoms with Crippen LogP contribution >= 0.6 is 24.0 Å². The maximum Gasteiger partial charge on any atom is 0.221 e. The van der Waals surface area contributed by atoms with Gasteiger partial charge in [-0.05, 0) is 44.4 Å². The van der Waals surface area contributed by atoms with Gasteiger partial charge in [-0.1, -0.05) is 12.1 Å². The van der Waals surface area contributed by atoms with Crippen LogP contribution in [0.1, 0.15) is 38.7 Å². The quantitative estimate of drug-likeness (QED) is 0.332. The van der Waals surface area contributed by atoms with Crippen molar-refractivity contribution in [3.63, 3.8) is 0 Å². The summed E-state index contributed by atoms with van der Waals surface area (Å²) in [5, 5.41) is 9.28. The predicted molar refractivity (Wildman–Crippen MR) is 110 cm³/mol. The third kappa shape index (κ3) is 6.80. The maximum absolute atomic E-state index is 13.4. The average molecular weight is 462 g/mol. The first-order chi connectivity index (χ1) is 11.4. The number of halogens is 2. The van der Waals surface area contributed by atoms with Gasteiger partial charge in [0.05, 0.1) is 0 Å². The Balaban J connectivity index is 0.00000312. The highest BCUT2D eigenvalue weighted by atomic mass is 127. The topological polar surface area (TPSA) is 65.5 Å². The van der Waals surface area contributed by atoms with Crippen LogP contribution in [0.15, 0.2) is 29.3 Å². The van der Waals surface area contributed by atoms with Crippen molar-refractivity contribution in [3.05, 3.63) is 35.6 Å². The number of nitrogens with one attached hydrogen (secondary N) is 3. The minimum atomic E-state index is -0.197. The molecule has 1 amide bonds. The number of carbonyl (C=O) groups excluding carboxylic acids is 1. The molecule has 0 bridgehead atoms. The van der Waals surface area contributed by atoms with Gasteiger partial charge in [0.2, 0.25) is 5.91 Å². The molecule has 7 heteroatoms. The van der Waals surface area contributed by atoms with E-state index in [1.807, 2.05) is 19.9 Å². The number of carbonyl (C=O) groups is 1. The number of guanidine groups is 1. The van der Waals surface area contributed by atoms with E-state index in [0.29, 0.717) is 25.5 Å². The SMILES string of the molecule is CN=C(NCCC(=O)NC(C)C)NCC1(c2cccc(F)c2)CC1.I. The Morgan fingerprint density at radius 2 is 2.04 bits per heavy atom. The number of hydrogen-bond donors (Lipinski definition) is 3. The van der Waals surface area contributed by atoms with E-state index in [1.54, 1.807) is 19.2 Å². The van der Waals surface area contributed by atoms with Crippen LogP contribution in [0.25, 0.3) is 0 Å². The Labute approximate surface area is 166 Å². The van der Waals surface area contributed by atoms with Crippen molar-refractivity contribution in [2.75, 3.05) is 20.1 Å². The second kappa shape index (κ2) is 9.94. The van der Waals surface area contributed by atoms with Crippen molar-refractivity contribution in [1.82, 2.24) is 16.0 Å². The Hall–Kier alpha value is -1.38. The van der Waals surface area contributed by atoms with Crippen LogP contribution in [0.5, 0.6) is 0 Å². The van der Waals surface area contributed by atoms with Gasteiger partial charge in [-0.25, -0.2) is 4.39 Å². The Kier molecular flexibility index (Phi) is 8.61. The van der Waals surface area contributed by atoms with Crippen LogP contribution < -0.4 is 16.0 Å². The average Bonchev–Trinajstić information content (AvgIpc) is 3.31. The fourth-order valence-corrected chi connectivity index (χ4v) is 2.70. The van der Waals surface area contributed by atoms with E-state index in [4.69, 9.17) is 0 Å². The summed E-state index contributed by atoms with van der Waals surface area (Å²) in [5.41, 5.74) is 1.02. The third-order valence-electron chi connectivity index (χ3n) is 4.20. The molecule has 1 fully saturated rings. The van der Waals surface area contributed by atoms with Gasteiger partial charge in [0.15, 0.2) is 5.96 Å². The van der Waals surface area contributed by atoms with Crippen molar-refractivity contribution in [3.8, 4) is 0 Å². The summed E-state index contributed by atoms with van der Waals surface area (Å²) in [4.78, 5) is 15.8. The van der Waals surface area contributed by atoms with Gasteiger partial charge in [-0.15, -0.1) is 24.0 Å². The zero-order valence-electron chi connectivity index (χ0n) is 15.1. The van der Waals surface area contributed by atoms with Crippen LogP contribution in [-0.4, -0.2) is 38.0 Å². The number of hydrogen-bond acceptors (Lipinski definition) is 2. The second-order valence-corrected chi connectivity index (χ2v) is 6.62. The van der Waals surface area contributed by atoms with Gasteiger partial charge >= 0.3 is 0 Å². The molecule has 140 valence electrons. The zero-order valence-corrected chi connectivity index (χ0v) is 17.4. The van der Waals surface area contributed by atoms with Gasteiger partial charge in [-0.2, -0.15) is 0 Å². The van der Waals surface area contributed by atoms with Gasteiger partial charge in [-0.3, -0.25) is 9.79 Å². The van der Waals surface area contributed by atoms with Crippen molar-refractivity contribution in [2.45, 2.75) is 44.6 Å². The summed E-state index contributed by atoms with van der Waals surface area (Å²) in [6.45, 7) is 5.10. The highest BCUT2D eigenvalue weighted by Gasteiger charge is 2.44. The summed E-state index contributed by atoms with van der Waals surface area (Å²) in [7, 11) is 1.70. The highest BCUT2D eigenvalue weighted by Crippen LogP contribution is 2.47. The van der Waals surface area contributed by atoms with Crippen LogP contribution in [0.2, 0.25) is 0 Å². The lowest BCUT2D eigenvalue weighted by Crippen LogP contribution is -2.42. The summed E-state index contributed by atoms with van der Waals surface area (Å²) in [5.74, 6) is 0.485. The molecule has 0 radical (unpaired) electrons. The first kappa shape index (κ1) is 21.7. The summed E-state index contributed by atoms with van der Waals surface area (Å²) >= 11 is 0. The largest absolute Gasteiger partial charge is 0.356 e. The molecule has 0 heterocycles. The van der Waals surface area contributed by atoms with E-state index < -0.39 is 0 Å². The number of rotatable bonds is 7. The Bertz CT molecular complexity index is 602. The van der Waals surface area contributed by atoms with Gasteiger partial charge in [0.1, 0.15) is 5.82 Å². The van der Waals surface area contributed by atoms with Gasteiger partial charge in [0, 0.05) is 38.0 Å². The van der Waals surface area contributed by atoms with Crippen molar-refractivity contribution in [1.29, 1.82) is 0 Å². The first-order valence-electron chi connectivity index (χ1n) is 8.45. The highest BCUT2D eigenvalue weighted by molar-refractivity contribution is 14.0. The predicted octanol–water partition coefficient (Wildman–Crippen LogP) is 2.56. The molecule has 1 aromatic carbocycles. The van der Waals surface area contributed by atoms with Crippen LogP contribution in [0.4, 0.5) is 4.39 Å². The smallest absolute Gasteiger partial charge is 0.221 e. The molecule has 5 nitrogen and oxygen atoms in total. The molecule has 1 saturated carbocycles. The van der Waals surface area contributed by atoms with E-state index in [9.17, 15) is 9.18 Å². The minimum absolute atomic E-state index is 0. The van der Waals surface area contributed by atoms with Crippen molar-refractivity contribution >= 4 is 35.8 Å². The number of nitrogens with zero attached hydrogens (tertiary/aromatic N) is 1. The molecule has 0 aromatic heterocycles. The fraction of sp³-hybridized carbons (Fsp3) is 0.556. The lowest BCUT2D eigenvalue weighted by molar-refractivity contribution is -0.121. The van der Waals surface area contributed by atoms with Crippen LogP contribution in [-0.2, 0) is 10.2 Å². The maximum atomic E-state index is 13.4. The molecule has 1 aliphatic carbocycles. The first-order valence-corrected chi connectivity index (χ1v) is 8.45. The van der Waals surface area contributed by atoms with E-state index in [1.165, 1.54) is 6.07 Å². The van der Waals surface area contributed by atoms with E-state index in [0.717, 1.165) is 18.4 Å². The third-order valence-corrected chi connectivity index (χ3v) is 4.20. The molecule has 2 rings (SSSR count).